The van der Waals surface area contributed by atoms with Gasteiger partial charge in [-0.3, -0.25) is 9.59 Å². The second-order valence-electron chi connectivity index (χ2n) is 3.44. The Kier molecular flexibility index (Phi) is 4.67. The number of aromatic carboxylic acids is 1. The lowest BCUT2D eigenvalue weighted by Crippen LogP contribution is -2.14. The van der Waals surface area contributed by atoms with Crippen molar-refractivity contribution in [3.8, 4) is 0 Å². The van der Waals surface area contributed by atoms with Gasteiger partial charge < -0.3 is 15.5 Å². The van der Waals surface area contributed by atoms with E-state index in [1.165, 1.54) is 18.2 Å². The van der Waals surface area contributed by atoms with Gasteiger partial charge in [-0.1, -0.05) is 11.6 Å². The van der Waals surface area contributed by atoms with E-state index in [9.17, 15) is 14.4 Å². The second kappa shape index (κ2) is 6.02. The van der Waals surface area contributed by atoms with Gasteiger partial charge in [-0.25, -0.2) is 4.79 Å². The van der Waals surface area contributed by atoms with E-state index in [1.807, 2.05) is 0 Å². The average molecular weight is 272 g/mol. The predicted octanol–water partition coefficient (Wildman–Crippen LogP) is 1.84. The maximum Gasteiger partial charge on any atom is 0.335 e. The predicted molar refractivity (Wildman–Crippen MR) is 63.9 cm³/mol. The average Bonchev–Trinajstić information content (AvgIpc) is 2.29. The Morgan fingerprint density at radius 3 is 2.39 bits per heavy atom. The number of rotatable bonds is 5. The third-order valence-electron chi connectivity index (χ3n) is 2.05. The van der Waals surface area contributed by atoms with Gasteiger partial charge in [-0.2, -0.15) is 0 Å². The number of hydrogen-bond acceptors (Lipinski definition) is 3. The number of carbonyl (C=O) groups excluding carboxylic acids is 1. The molecule has 0 saturated heterocycles. The Morgan fingerprint density at radius 2 is 1.83 bits per heavy atom. The number of halogens is 1. The Bertz CT molecular complexity index is 500. The quantitative estimate of drug-likeness (QED) is 0.758. The standard InChI is InChI=1S/C11H10ClNO5/c12-7-2-1-6(11(17)18)5-8(7)13-9(14)3-4-10(15)16/h1-2,5H,3-4H2,(H,13,14)(H,15,16)(H,17,18). The van der Waals surface area contributed by atoms with E-state index in [0.717, 1.165) is 0 Å². The summed E-state index contributed by atoms with van der Waals surface area (Å²) in [5.74, 6) is -2.77. The van der Waals surface area contributed by atoms with Crippen LogP contribution in [0.2, 0.25) is 5.02 Å². The Labute approximate surface area is 107 Å². The zero-order chi connectivity index (χ0) is 13.7. The molecule has 1 aromatic carbocycles. The molecule has 0 aliphatic carbocycles. The van der Waals surface area contributed by atoms with Crippen molar-refractivity contribution in [1.29, 1.82) is 0 Å². The summed E-state index contributed by atoms with van der Waals surface area (Å²) in [6.45, 7) is 0. The van der Waals surface area contributed by atoms with Crippen LogP contribution in [-0.2, 0) is 9.59 Å². The number of carboxylic acid groups (broad SMARTS) is 2. The van der Waals surface area contributed by atoms with Crippen molar-refractivity contribution in [2.75, 3.05) is 5.32 Å². The fourth-order valence-electron chi connectivity index (χ4n) is 1.19. The molecular formula is C11H10ClNO5. The second-order valence-corrected chi connectivity index (χ2v) is 3.85. The molecule has 7 heteroatoms. The number of carbonyl (C=O) groups is 3. The molecule has 0 aliphatic heterocycles. The van der Waals surface area contributed by atoms with Crippen molar-refractivity contribution in [3.63, 3.8) is 0 Å². The minimum absolute atomic E-state index is 0.0204. The van der Waals surface area contributed by atoms with Crippen molar-refractivity contribution >= 4 is 35.1 Å². The summed E-state index contributed by atoms with van der Waals surface area (Å²) in [6.07, 6.45) is -0.509. The van der Waals surface area contributed by atoms with E-state index in [1.54, 1.807) is 0 Å². The van der Waals surface area contributed by atoms with Gasteiger partial charge >= 0.3 is 11.9 Å². The first kappa shape index (κ1) is 14.0. The zero-order valence-corrected chi connectivity index (χ0v) is 9.90. The van der Waals surface area contributed by atoms with Crippen LogP contribution in [0.5, 0.6) is 0 Å². The zero-order valence-electron chi connectivity index (χ0n) is 9.14. The summed E-state index contributed by atoms with van der Waals surface area (Å²) in [5, 5.41) is 19.7. The monoisotopic (exact) mass is 271 g/mol. The lowest BCUT2D eigenvalue weighted by atomic mass is 10.2. The number of aliphatic carboxylic acids is 1. The first-order valence-corrected chi connectivity index (χ1v) is 5.32. The summed E-state index contributed by atoms with van der Waals surface area (Å²) in [6, 6.07) is 3.86. The molecule has 0 fully saturated rings. The molecule has 0 radical (unpaired) electrons. The maximum absolute atomic E-state index is 11.4. The van der Waals surface area contributed by atoms with Gasteiger partial charge in [0.2, 0.25) is 5.91 Å². The molecule has 6 nitrogen and oxygen atoms in total. The number of hydrogen-bond donors (Lipinski definition) is 3. The number of amides is 1. The highest BCUT2D eigenvalue weighted by Gasteiger charge is 2.11. The smallest absolute Gasteiger partial charge is 0.335 e. The lowest BCUT2D eigenvalue weighted by Gasteiger charge is -2.07. The minimum Gasteiger partial charge on any atom is -0.481 e. The summed E-state index contributed by atoms with van der Waals surface area (Å²) in [7, 11) is 0. The van der Waals surface area contributed by atoms with E-state index >= 15 is 0 Å². The lowest BCUT2D eigenvalue weighted by molar-refractivity contribution is -0.138. The molecule has 0 saturated carbocycles. The number of anilines is 1. The molecule has 96 valence electrons. The van der Waals surface area contributed by atoms with Crippen LogP contribution in [0.15, 0.2) is 18.2 Å². The molecule has 0 spiro atoms. The number of benzene rings is 1. The summed E-state index contributed by atoms with van der Waals surface area (Å²) in [5.41, 5.74) is 0.125. The number of carboxylic acids is 2. The van der Waals surface area contributed by atoms with Crippen LogP contribution in [0.3, 0.4) is 0 Å². The highest BCUT2D eigenvalue weighted by atomic mass is 35.5. The van der Waals surface area contributed by atoms with Gasteiger partial charge in [0.15, 0.2) is 0 Å². The van der Waals surface area contributed by atoms with Crippen LogP contribution in [0.4, 0.5) is 5.69 Å². The molecule has 0 aliphatic rings. The first-order chi connectivity index (χ1) is 8.40. The molecular weight excluding hydrogens is 262 g/mol. The fourth-order valence-corrected chi connectivity index (χ4v) is 1.35. The largest absolute Gasteiger partial charge is 0.481 e. The molecule has 3 N–H and O–H groups in total. The Balaban J connectivity index is 2.77. The van der Waals surface area contributed by atoms with E-state index < -0.39 is 17.8 Å². The van der Waals surface area contributed by atoms with Crippen LogP contribution in [0.1, 0.15) is 23.2 Å². The summed E-state index contributed by atoms with van der Waals surface area (Å²) < 4.78 is 0. The van der Waals surface area contributed by atoms with E-state index in [2.05, 4.69) is 5.32 Å². The molecule has 0 unspecified atom stereocenters. The van der Waals surface area contributed by atoms with Crippen LogP contribution in [0.25, 0.3) is 0 Å². The summed E-state index contributed by atoms with van der Waals surface area (Å²) >= 11 is 5.78. The summed E-state index contributed by atoms with van der Waals surface area (Å²) in [4.78, 5) is 32.4. The van der Waals surface area contributed by atoms with Gasteiger partial charge in [0.1, 0.15) is 0 Å². The SMILES string of the molecule is O=C(O)CCC(=O)Nc1cc(C(=O)O)ccc1Cl. The van der Waals surface area contributed by atoms with E-state index in [4.69, 9.17) is 21.8 Å². The minimum atomic E-state index is -1.15. The van der Waals surface area contributed by atoms with Crippen LogP contribution < -0.4 is 5.32 Å². The van der Waals surface area contributed by atoms with Gasteiger partial charge in [0.25, 0.3) is 0 Å². The van der Waals surface area contributed by atoms with Crippen molar-refractivity contribution in [2.45, 2.75) is 12.8 Å². The van der Waals surface area contributed by atoms with Gasteiger partial charge in [-0.05, 0) is 18.2 Å². The molecule has 0 aromatic heterocycles. The van der Waals surface area contributed by atoms with Crippen molar-refractivity contribution in [2.24, 2.45) is 0 Å². The third-order valence-corrected chi connectivity index (χ3v) is 2.38. The Hall–Kier alpha value is -2.08. The highest BCUT2D eigenvalue weighted by Crippen LogP contribution is 2.23. The fraction of sp³-hybridized carbons (Fsp3) is 0.182. The maximum atomic E-state index is 11.4. The molecule has 1 aromatic rings. The molecule has 1 amide bonds. The van der Waals surface area contributed by atoms with Gasteiger partial charge in [0, 0.05) is 6.42 Å². The normalized spacial score (nSPS) is 9.83. The van der Waals surface area contributed by atoms with E-state index in [0.29, 0.717) is 0 Å². The van der Waals surface area contributed by atoms with E-state index in [-0.39, 0.29) is 29.1 Å². The molecule has 0 heterocycles. The highest BCUT2D eigenvalue weighted by molar-refractivity contribution is 6.33. The van der Waals surface area contributed by atoms with Gasteiger partial charge in [-0.15, -0.1) is 0 Å². The Morgan fingerprint density at radius 1 is 1.17 bits per heavy atom. The third kappa shape index (κ3) is 4.06. The number of nitrogens with one attached hydrogen (secondary N) is 1. The van der Waals surface area contributed by atoms with Crippen LogP contribution in [-0.4, -0.2) is 28.1 Å². The topological polar surface area (TPSA) is 104 Å². The van der Waals surface area contributed by atoms with Crippen molar-refractivity contribution in [3.05, 3.63) is 28.8 Å². The molecule has 1 rings (SSSR count). The molecule has 0 atom stereocenters. The van der Waals surface area contributed by atoms with Crippen molar-refractivity contribution in [1.82, 2.24) is 0 Å². The van der Waals surface area contributed by atoms with Crippen LogP contribution >= 0.6 is 11.6 Å². The van der Waals surface area contributed by atoms with Crippen molar-refractivity contribution < 1.29 is 24.6 Å². The molecule has 18 heavy (non-hydrogen) atoms. The van der Waals surface area contributed by atoms with Gasteiger partial charge in [0.05, 0.1) is 22.7 Å². The molecule has 0 bridgehead atoms. The first-order valence-electron chi connectivity index (χ1n) is 4.94. The van der Waals surface area contributed by atoms with Crippen LogP contribution in [0, 0.1) is 0 Å².